The number of ether oxygens (including phenoxy) is 1. The van der Waals surface area contributed by atoms with Crippen molar-refractivity contribution in [2.45, 2.75) is 0 Å². The second kappa shape index (κ2) is 5.27. The second-order valence-electron chi connectivity index (χ2n) is 4.10. The predicted molar refractivity (Wildman–Crippen MR) is 74.6 cm³/mol. The molecule has 1 aromatic heterocycles. The predicted octanol–water partition coefficient (Wildman–Crippen LogP) is 1.08. The zero-order chi connectivity index (χ0) is 15.6. The van der Waals surface area contributed by atoms with Crippen LogP contribution in [0.5, 0.6) is 11.5 Å². The lowest BCUT2D eigenvalue weighted by molar-refractivity contribution is 0.408. The van der Waals surface area contributed by atoms with Gasteiger partial charge in [0.1, 0.15) is 40.6 Å². The van der Waals surface area contributed by atoms with Crippen molar-refractivity contribution >= 4 is 5.82 Å². The third-order valence-electron chi connectivity index (χ3n) is 2.94. The summed E-state index contributed by atoms with van der Waals surface area (Å²) in [5.74, 6) is 0.00476. The Hall–Kier alpha value is -3.45. The summed E-state index contributed by atoms with van der Waals surface area (Å²) in [4.78, 5) is 14.0. The van der Waals surface area contributed by atoms with E-state index < -0.39 is 5.56 Å². The summed E-state index contributed by atoms with van der Waals surface area (Å²) in [5.41, 5.74) is 4.67. The van der Waals surface area contributed by atoms with Gasteiger partial charge in [-0.3, -0.25) is 4.79 Å². The fourth-order valence-electron chi connectivity index (χ4n) is 1.96. The van der Waals surface area contributed by atoms with Crippen LogP contribution in [0.1, 0.15) is 11.1 Å². The van der Waals surface area contributed by atoms with Crippen molar-refractivity contribution < 1.29 is 9.84 Å². The van der Waals surface area contributed by atoms with Crippen LogP contribution in [0.15, 0.2) is 23.0 Å². The molecule has 0 aliphatic carbocycles. The van der Waals surface area contributed by atoms with Crippen molar-refractivity contribution in [2.24, 2.45) is 0 Å². The lowest BCUT2D eigenvalue weighted by Gasteiger charge is -2.11. The number of rotatable bonds is 2. The van der Waals surface area contributed by atoms with Crippen LogP contribution in [0.4, 0.5) is 5.82 Å². The van der Waals surface area contributed by atoms with E-state index in [9.17, 15) is 15.2 Å². The summed E-state index contributed by atoms with van der Waals surface area (Å²) in [6.45, 7) is 0. The maximum Gasteiger partial charge on any atom is 0.268 e. The number of pyridine rings is 1. The maximum atomic E-state index is 11.8. The van der Waals surface area contributed by atoms with E-state index in [1.165, 1.54) is 25.3 Å². The standard InChI is InChI=1S/C14H10N4O3/c1-21-7-2-3-8(11(19)4-7)12-9(5-15)13(17)18-14(20)10(12)6-16/h2-4,19H,1H3,(H3,17,18,20). The number of aromatic nitrogens is 1. The van der Waals surface area contributed by atoms with Crippen LogP contribution in [0.3, 0.4) is 0 Å². The SMILES string of the molecule is COc1ccc(-c2c(C#N)c(N)[nH]c(=O)c2C#N)c(O)c1. The zero-order valence-corrected chi connectivity index (χ0v) is 11.0. The highest BCUT2D eigenvalue weighted by Crippen LogP contribution is 2.36. The number of methoxy groups -OCH3 is 1. The summed E-state index contributed by atoms with van der Waals surface area (Å²) >= 11 is 0. The van der Waals surface area contributed by atoms with E-state index in [0.29, 0.717) is 5.75 Å². The third kappa shape index (κ3) is 2.24. The highest BCUT2D eigenvalue weighted by molar-refractivity contribution is 5.83. The fraction of sp³-hybridized carbons (Fsp3) is 0.0714. The molecule has 4 N–H and O–H groups in total. The first kappa shape index (κ1) is 14.0. The molecule has 0 saturated carbocycles. The molecule has 7 heteroatoms. The van der Waals surface area contributed by atoms with Crippen LogP contribution < -0.4 is 16.0 Å². The minimum absolute atomic E-state index is 0.00130. The van der Waals surface area contributed by atoms with Crippen molar-refractivity contribution in [1.82, 2.24) is 4.98 Å². The van der Waals surface area contributed by atoms with Crippen molar-refractivity contribution in [3.05, 3.63) is 39.7 Å². The number of nitrogens with zero attached hydrogens (tertiary/aromatic N) is 2. The number of phenolic OH excluding ortho intramolecular Hbond substituents is 1. The normalized spacial score (nSPS) is 9.67. The van der Waals surface area contributed by atoms with Gasteiger partial charge in [-0.2, -0.15) is 10.5 Å². The number of benzene rings is 1. The molecule has 2 rings (SSSR count). The molecular weight excluding hydrogens is 272 g/mol. The fourth-order valence-corrected chi connectivity index (χ4v) is 1.96. The molecular formula is C14H10N4O3. The van der Waals surface area contributed by atoms with Gasteiger partial charge in [0.25, 0.3) is 5.56 Å². The Morgan fingerprint density at radius 3 is 2.48 bits per heavy atom. The first-order chi connectivity index (χ1) is 10.0. The number of H-pyrrole nitrogens is 1. The number of aromatic amines is 1. The number of nitrogen functional groups attached to an aromatic ring is 1. The topological polar surface area (TPSA) is 136 Å². The van der Waals surface area contributed by atoms with Gasteiger partial charge in [0.05, 0.1) is 7.11 Å². The van der Waals surface area contributed by atoms with Crippen LogP contribution in [-0.4, -0.2) is 17.2 Å². The summed E-state index contributed by atoms with van der Waals surface area (Å²) in [7, 11) is 1.43. The lowest BCUT2D eigenvalue weighted by atomic mass is 9.96. The number of nitrogens with two attached hydrogens (primary N) is 1. The second-order valence-corrected chi connectivity index (χ2v) is 4.10. The van der Waals surface area contributed by atoms with E-state index in [0.717, 1.165) is 0 Å². The number of aromatic hydroxyl groups is 1. The van der Waals surface area contributed by atoms with Crippen molar-refractivity contribution in [1.29, 1.82) is 10.5 Å². The van der Waals surface area contributed by atoms with Gasteiger partial charge < -0.3 is 20.6 Å². The number of hydrogen-bond donors (Lipinski definition) is 3. The van der Waals surface area contributed by atoms with Gasteiger partial charge in [0.15, 0.2) is 0 Å². The molecule has 0 spiro atoms. The van der Waals surface area contributed by atoms with E-state index in [1.807, 2.05) is 6.07 Å². The molecule has 1 aromatic carbocycles. The van der Waals surface area contributed by atoms with Gasteiger partial charge in [-0.15, -0.1) is 0 Å². The summed E-state index contributed by atoms with van der Waals surface area (Å²) in [6.07, 6.45) is 0. The first-order valence-electron chi connectivity index (χ1n) is 5.76. The van der Waals surface area contributed by atoms with Gasteiger partial charge >= 0.3 is 0 Å². The molecule has 21 heavy (non-hydrogen) atoms. The number of anilines is 1. The molecule has 0 radical (unpaired) electrons. The third-order valence-corrected chi connectivity index (χ3v) is 2.94. The highest BCUT2D eigenvalue weighted by atomic mass is 16.5. The van der Waals surface area contributed by atoms with Gasteiger partial charge in [-0.05, 0) is 12.1 Å². The van der Waals surface area contributed by atoms with Crippen LogP contribution >= 0.6 is 0 Å². The maximum absolute atomic E-state index is 11.8. The van der Waals surface area contributed by atoms with Crippen LogP contribution in [-0.2, 0) is 0 Å². The van der Waals surface area contributed by atoms with E-state index >= 15 is 0 Å². The van der Waals surface area contributed by atoms with Crippen molar-refractivity contribution in [3.63, 3.8) is 0 Å². The van der Waals surface area contributed by atoms with Gasteiger partial charge in [-0.25, -0.2) is 0 Å². The van der Waals surface area contributed by atoms with Crippen molar-refractivity contribution in [2.75, 3.05) is 12.8 Å². The molecule has 0 unspecified atom stereocenters. The Morgan fingerprint density at radius 1 is 1.29 bits per heavy atom. The summed E-state index contributed by atoms with van der Waals surface area (Å²) in [5, 5.41) is 28.4. The van der Waals surface area contributed by atoms with Crippen LogP contribution in [0.2, 0.25) is 0 Å². The molecule has 0 bridgehead atoms. The van der Waals surface area contributed by atoms with Crippen LogP contribution in [0.25, 0.3) is 11.1 Å². The minimum atomic E-state index is -0.723. The lowest BCUT2D eigenvalue weighted by Crippen LogP contribution is -2.16. The number of nitrogens with one attached hydrogen (secondary N) is 1. The molecule has 0 saturated heterocycles. The molecule has 2 aromatic rings. The number of phenols is 1. The molecule has 0 fully saturated rings. The minimum Gasteiger partial charge on any atom is -0.507 e. The number of hydrogen-bond acceptors (Lipinski definition) is 6. The largest absolute Gasteiger partial charge is 0.507 e. The summed E-state index contributed by atoms with van der Waals surface area (Å²) in [6, 6.07) is 7.86. The Morgan fingerprint density at radius 2 is 1.95 bits per heavy atom. The number of nitriles is 2. The van der Waals surface area contributed by atoms with Crippen LogP contribution in [0, 0.1) is 22.7 Å². The molecule has 0 aliphatic rings. The Kier molecular flexibility index (Phi) is 3.51. The molecule has 0 atom stereocenters. The average Bonchev–Trinajstić information content (AvgIpc) is 2.46. The molecule has 1 heterocycles. The molecule has 0 aliphatic heterocycles. The molecule has 0 amide bonds. The molecule has 7 nitrogen and oxygen atoms in total. The van der Waals surface area contributed by atoms with E-state index in [1.54, 1.807) is 6.07 Å². The van der Waals surface area contributed by atoms with E-state index in [-0.39, 0.29) is 33.8 Å². The van der Waals surface area contributed by atoms with E-state index in [4.69, 9.17) is 15.7 Å². The molecule has 104 valence electrons. The Labute approximate surface area is 119 Å². The smallest absolute Gasteiger partial charge is 0.268 e. The highest BCUT2D eigenvalue weighted by Gasteiger charge is 2.20. The van der Waals surface area contributed by atoms with E-state index in [2.05, 4.69) is 4.98 Å². The Balaban J connectivity index is 2.90. The van der Waals surface area contributed by atoms with Crippen molar-refractivity contribution in [3.8, 4) is 34.8 Å². The average molecular weight is 282 g/mol. The monoisotopic (exact) mass is 282 g/mol. The zero-order valence-electron chi connectivity index (χ0n) is 11.0. The van der Waals surface area contributed by atoms with Gasteiger partial charge in [0, 0.05) is 17.2 Å². The van der Waals surface area contributed by atoms with Gasteiger partial charge in [0.2, 0.25) is 0 Å². The Bertz CT molecular complexity index is 856. The van der Waals surface area contributed by atoms with Gasteiger partial charge in [-0.1, -0.05) is 0 Å². The first-order valence-corrected chi connectivity index (χ1v) is 5.76. The summed E-state index contributed by atoms with van der Waals surface area (Å²) < 4.78 is 4.96. The quantitative estimate of drug-likeness (QED) is 0.754.